The van der Waals surface area contributed by atoms with Crippen LogP contribution >= 0.6 is 0 Å². The first-order valence-corrected chi connectivity index (χ1v) is 11.6. The molecule has 166 valence electrons. The summed E-state index contributed by atoms with van der Waals surface area (Å²) in [6.07, 6.45) is 2.30. The fraction of sp³-hybridized carbons (Fsp3) is 0.381. The van der Waals surface area contributed by atoms with Crippen molar-refractivity contribution in [3.8, 4) is 11.4 Å². The summed E-state index contributed by atoms with van der Waals surface area (Å²) < 4.78 is 34.3. The molecule has 0 aliphatic heterocycles. The molecule has 2 aromatic heterocycles. The fourth-order valence-corrected chi connectivity index (χ4v) is 4.40. The molecule has 0 radical (unpaired) electrons. The van der Waals surface area contributed by atoms with E-state index in [2.05, 4.69) is 36.5 Å². The van der Waals surface area contributed by atoms with Crippen molar-refractivity contribution < 1.29 is 13.2 Å². The van der Waals surface area contributed by atoms with Crippen LogP contribution in [0.25, 0.3) is 11.4 Å². The van der Waals surface area contributed by atoms with Crippen LogP contribution in [0.5, 0.6) is 0 Å². The fourth-order valence-electron chi connectivity index (χ4n) is 3.33. The van der Waals surface area contributed by atoms with Gasteiger partial charge in [0.15, 0.2) is 0 Å². The van der Waals surface area contributed by atoms with Crippen molar-refractivity contribution in [2.24, 2.45) is 0 Å². The normalized spacial score (nSPS) is 11.6. The van der Waals surface area contributed by atoms with Gasteiger partial charge in [0.1, 0.15) is 5.82 Å². The van der Waals surface area contributed by atoms with Gasteiger partial charge in [0.05, 0.1) is 22.0 Å². The van der Waals surface area contributed by atoms with E-state index in [-0.39, 0.29) is 4.90 Å². The Bertz CT molecular complexity index is 1130. The average Bonchev–Trinajstić information content (AvgIpc) is 3.04. The third-order valence-electron chi connectivity index (χ3n) is 4.79. The van der Waals surface area contributed by atoms with Gasteiger partial charge in [0, 0.05) is 38.7 Å². The molecule has 0 amide bonds. The van der Waals surface area contributed by atoms with Crippen molar-refractivity contribution >= 4 is 21.7 Å². The second-order valence-electron chi connectivity index (χ2n) is 7.00. The van der Waals surface area contributed by atoms with Gasteiger partial charge in [0.25, 0.3) is 0 Å². The van der Waals surface area contributed by atoms with E-state index in [0.29, 0.717) is 31.2 Å². The summed E-state index contributed by atoms with van der Waals surface area (Å²) >= 11 is 0. The zero-order valence-electron chi connectivity index (χ0n) is 18.2. The van der Waals surface area contributed by atoms with E-state index in [1.807, 2.05) is 19.9 Å². The Hall–Kier alpha value is -2.82. The topological polar surface area (TPSA) is 111 Å². The number of rotatable bonds is 10. The van der Waals surface area contributed by atoms with Gasteiger partial charge in [-0.3, -0.25) is 0 Å². The van der Waals surface area contributed by atoms with Crippen LogP contribution in [-0.2, 0) is 21.3 Å². The van der Waals surface area contributed by atoms with E-state index >= 15 is 0 Å². The number of hydrogen-bond acceptors (Lipinski definition) is 7. The predicted octanol–water partition coefficient (Wildman–Crippen LogP) is 3.04. The molecule has 2 heterocycles. The molecule has 0 fully saturated rings. The molecule has 0 aliphatic carbocycles. The number of benzene rings is 1. The number of hydrogen-bond donors (Lipinski definition) is 2. The first-order valence-electron chi connectivity index (χ1n) is 10.1. The highest BCUT2D eigenvalue weighted by molar-refractivity contribution is 7.89. The number of imidazole rings is 1. The highest BCUT2D eigenvalue weighted by Gasteiger charge is 2.15. The van der Waals surface area contributed by atoms with Crippen LogP contribution in [0.2, 0.25) is 0 Å². The molecule has 2 N–H and O–H groups in total. The second-order valence-corrected chi connectivity index (χ2v) is 8.76. The quantitative estimate of drug-likeness (QED) is 0.462. The molecule has 1 aromatic carbocycles. The summed E-state index contributed by atoms with van der Waals surface area (Å²) in [5, 5.41) is 3.13. The number of nitrogens with zero attached hydrogens (tertiary/aromatic N) is 4. The SMILES string of the molecule is CCn1c(C)nc(C)c1-c1ccnc(Nc2ccc(S(=O)(=O)NCCCOC)cc2)n1. The van der Waals surface area contributed by atoms with Crippen molar-refractivity contribution in [3.63, 3.8) is 0 Å². The predicted molar refractivity (Wildman–Crippen MR) is 120 cm³/mol. The number of nitrogens with one attached hydrogen (secondary N) is 2. The van der Waals surface area contributed by atoms with E-state index in [1.165, 1.54) is 0 Å². The Morgan fingerprint density at radius 1 is 1.10 bits per heavy atom. The highest BCUT2D eigenvalue weighted by atomic mass is 32.2. The molecule has 3 aromatic rings. The minimum atomic E-state index is -3.56. The minimum Gasteiger partial charge on any atom is -0.385 e. The Balaban J connectivity index is 1.75. The lowest BCUT2D eigenvalue weighted by Gasteiger charge is -2.10. The molecular formula is C21H28N6O3S. The lowest BCUT2D eigenvalue weighted by atomic mass is 10.2. The van der Waals surface area contributed by atoms with E-state index in [4.69, 9.17) is 4.74 Å². The van der Waals surface area contributed by atoms with E-state index < -0.39 is 10.0 Å². The molecule has 0 saturated heterocycles. The summed E-state index contributed by atoms with van der Waals surface area (Å²) in [4.78, 5) is 13.7. The lowest BCUT2D eigenvalue weighted by Crippen LogP contribution is -2.25. The summed E-state index contributed by atoms with van der Waals surface area (Å²) in [5.74, 6) is 1.36. The van der Waals surface area contributed by atoms with Crippen LogP contribution in [0, 0.1) is 13.8 Å². The van der Waals surface area contributed by atoms with Crippen molar-refractivity contribution in [2.75, 3.05) is 25.6 Å². The van der Waals surface area contributed by atoms with Gasteiger partial charge >= 0.3 is 0 Å². The highest BCUT2D eigenvalue weighted by Crippen LogP contribution is 2.24. The van der Waals surface area contributed by atoms with Crippen molar-refractivity contribution in [3.05, 3.63) is 48.0 Å². The maximum absolute atomic E-state index is 12.4. The molecule has 3 rings (SSSR count). The summed E-state index contributed by atoms with van der Waals surface area (Å²) in [5.41, 5.74) is 3.34. The summed E-state index contributed by atoms with van der Waals surface area (Å²) in [6, 6.07) is 8.32. The Morgan fingerprint density at radius 3 is 2.52 bits per heavy atom. The second kappa shape index (κ2) is 9.99. The lowest BCUT2D eigenvalue weighted by molar-refractivity contribution is 0.196. The molecule has 31 heavy (non-hydrogen) atoms. The van der Waals surface area contributed by atoms with Gasteiger partial charge in [0.2, 0.25) is 16.0 Å². The molecule has 0 aliphatic rings. The van der Waals surface area contributed by atoms with Gasteiger partial charge in [-0.2, -0.15) is 0 Å². The van der Waals surface area contributed by atoms with Gasteiger partial charge in [-0.15, -0.1) is 0 Å². The molecule has 10 heteroatoms. The third kappa shape index (κ3) is 5.46. The summed E-state index contributed by atoms with van der Waals surface area (Å²) in [7, 11) is -1.97. The van der Waals surface area contributed by atoms with Crippen molar-refractivity contribution in [2.45, 2.75) is 38.6 Å². The molecule has 0 spiro atoms. The number of sulfonamides is 1. The van der Waals surface area contributed by atoms with E-state index in [0.717, 1.165) is 29.5 Å². The van der Waals surface area contributed by atoms with Crippen LogP contribution in [0.1, 0.15) is 24.9 Å². The largest absolute Gasteiger partial charge is 0.385 e. The average molecular weight is 445 g/mol. The van der Waals surface area contributed by atoms with Crippen LogP contribution in [0.3, 0.4) is 0 Å². The maximum atomic E-state index is 12.4. The van der Waals surface area contributed by atoms with E-state index in [9.17, 15) is 8.42 Å². The van der Waals surface area contributed by atoms with Crippen LogP contribution in [-0.4, -0.2) is 48.2 Å². The number of anilines is 2. The molecule has 0 atom stereocenters. The molecular weight excluding hydrogens is 416 g/mol. The first-order chi connectivity index (χ1) is 14.9. The summed E-state index contributed by atoms with van der Waals surface area (Å²) in [6.45, 7) is 7.63. The molecule has 0 bridgehead atoms. The molecule has 9 nitrogen and oxygen atoms in total. The zero-order chi connectivity index (χ0) is 22.4. The molecule has 0 unspecified atom stereocenters. The number of ether oxygens (including phenoxy) is 1. The van der Waals surface area contributed by atoms with Gasteiger partial charge < -0.3 is 14.6 Å². The first kappa shape index (κ1) is 22.9. The van der Waals surface area contributed by atoms with Gasteiger partial charge in [-0.05, 0) is 57.5 Å². The van der Waals surface area contributed by atoms with Crippen LogP contribution < -0.4 is 10.0 Å². The number of aromatic nitrogens is 4. The number of methoxy groups -OCH3 is 1. The molecule has 0 saturated carbocycles. The zero-order valence-corrected chi connectivity index (χ0v) is 19.0. The minimum absolute atomic E-state index is 0.197. The number of aryl methyl sites for hydroxylation is 2. The Labute approximate surface area is 183 Å². The van der Waals surface area contributed by atoms with Crippen LogP contribution in [0.4, 0.5) is 11.6 Å². The smallest absolute Gasteiger partial charge is 0.240 e. The monoisotopic (exact) mass is 444 g/mol. The van der Waals surface area contributed by atoms with Gasteiger partial charge in [-0.1, -0.05) is 0 Å². The third-order valence-corrected chi connectivity index (χ3v) is 6.26. The van der Waals surface area contributed by atoms with E-state index in [1.54, 1.807) is 37.6 Å². The van der Waals surface area contributed by atoms with Gasteiger partial charge in [-0.25, -0.2) is 28.1 Å². The van der Waals surface area contributed by atoms with Crippen LogP contribution in [0.15, 0.2) is 41.4 Å². The van der Waals surface area contributed by atoms with Crippen molar-refractivity contribution in [1.29, 1.82) is 0 Å². The Kier molecular flexibility index (Phi) is 7.37. The van der Waals surface area contributed by atoms with Crippen molar-refractivity contribution in [1.82, 2.24) is 24.2 Å². The Morgan fingerprint density at radius 2 is 1.84 bits per heavy atom. The maximum Gasteiger partial charge on any atom is 0.240 e. The standard InChI is InChI=1S/C21H28N6O3S/c1-5-27-16(3)24-15(2)20(27)19-11-13-22-21(26-19)25-17-7-9-18(10-8-17)31(28,29)23-12-6-14-30-4/h7-11,13,23H,5-6,12,14H2,1-4H3,(H,22,25,26).